The van der Waals surface area contributed by atoms with E-state index in [9.17, 15) is 0 Å². The van der Waals surface area contributed by atoms with Gasteiger partial charge >= 0.3 is 0 Å². The SMILES string of the molecule is CN(C)c1ccnc(N(C)Cc2ccc3c(c2)CCO3)n1. The molecule has 3 rings (SSSR count). The highest BCUT2D eigenvalue weighted by Gasteiger charge is 2.13. The molecule has 1 aromatic heterocycles. The van der Waals surface area contributed by atoms with Crippen LogP contribution in [0.15, 0.2) is 30.5 Å². The molecule has 0 radical (unpaired) electrons. The van der Waals surface area contributed by atoms with Crippen molar-refractivity contribution in [3.8, 4) is 5.75 Å². The average Bonchev–Trinajstić information content (AvgIpc) is 2.95. The van der Waals surface area contributed by atoms with E-state index in [0.717, 1.165) is 37.1 Å². The number of rotatable bonds is 4. The van der Waals surface area contributed by atoms with Gasteiger partial charge in [0.15, 0.2) is 0 Å². The molecule has 0 saturated heterocycles. The molecule has 1 aromatic carbocycles. The van der Waals surface area contributed by atoms with Gasteiger partial charge in [-0.3, -0.25) is 0 Å². The van der Waals surface area contributed by atoms with E-state index in [1.807, 2.05) is 32.1 Å². The molecule has 0 atom stereocenters. The number of benzene rings is 1. The lowest BCUT2D eigenvalue weighted by Gasteiger charge is -2.19. The minimum atomic E-state index is 0.734. The Morgan fingerprint density at radius 1 is 1.19 bits per heavy atom. The normalized spacial score (nSPS) is 12.7. The van der Waals surface area contributed by atoms with Crippen LogP contribution in [0.4, 0.5) is 11.8 Å². The highest BCUT2D eigenvalue weighted by atomic mass is 16.5. The zero-order chi connectivity index (χ0) is 14.8. The summed E-state index contributed by atoms with van der Waals surface area (Å²) in [7, 11) is 5.97. The number of ether oxygens (including phenoxy) is 1. The Balaban J connectivity index is 1.77. The largest absolute Gasteiger partial charge is 0.493 e. The molecule has 5 nitrogen and oxygen atoms in total. The standard InChI is InChI=1S/C16H20N4O/c1-19(2)15-6-8-17-16(18-15)20(3)11-12-4-5-14-13(10-12)7-9-21-14/h4-6,8,10H,7,9,11H2,1-3H3. The van der Waals surface area contributed by atoms with E-state index in [2.05, 4.69) is 33.1 Å². The van der Waals surface area contributed by atoms with Crippen LogP contribution >= 0.6 is 0 Å². The van der Waals surface area contributed by atoms with Crippen LogP contribution in [0.1, 0.15) is 11.1 Å². The molecule has 0 fully saturated rings. The number of hydrogen-bond donors (Lipinski definition) is 0. The summed E-state index contributed by atoms with van der Waals surface area (Å²) < 4.78 is 5.54. The quantitative estimate of drug-likeness (QED) is 0.860. The van der Waals surface area contributed by atoms with E-state index in [4.69, 9.17) is 4.74 Å². The number of anilines is 2. The van der Waals surface area contributed by atoms with E-state index in [1.165, 1.54) is 11.1 Å². The average molecular weight is 284 g/mol. The summed E-state index contributed by atoms with van der Waals surface area (Å²) in [4.78, 5) is 12.9. The van der Waals surface area contributed by atoms with Gasteiger partial charge in [0.25, 0.3) is 0 Å². The van der Waals surface area contributed by atoms with Crippen molar-refractivity contribution >= 4 is 11.8 Å². The van der Waals surface area contributed by atoms with Crippen molar-refractivity contribution in [2.45, 2.75) is 13.0 Å². The topological polar surface area (TPSA) is 41.5 Å². The summed E-state index contributed by atoms with van der Waals surface area (Å²) in [5.74, 6) is 2.67. The van der Waals surface area contributed by atoms with E-state index >= 15 is 0 Å². The minimum Gasteiger partial charge on any atom is -0.493 e. The van der Waals surface area contributed by atoms with Crippen molar-refractivity contribution < 1.29 is 4.74 Å². The fourth-order valence-corrected chi connectivity index (χ4v) is 2.46. The lowest BCUT2D eigenvalue weighted by Crippen LogP contribution is -2.20. The van der Waals surface area contributed by atoms with Gasteiger partial charge in [0.05, 0.1) is 6.61 Å². The number of nitrogens with zero attached hydrogens (tertiary/aromatic N) is 4. The first-order chi connectivity index (χ1) is 10.1. The summed E-state index contributed by atoms with van der Waals surface area (Å²) >= 11 is 0. The molecule has 0 amide bonds. The molecule has 0 saturated carbocycles. The van der Waals surface area contributed by atoms with Gasteiger partial charge in [-0.25, -0.2) is 4.98 Å². The third kappa shape index (κ3) is 2.91. The maximum Gasteiger partial charge on any atom is 0.227 e. The van der Waals surface area contributed by atoms with Crippen LogP contribution in [0, 0.1) is 0 Å². The van der Waals surface area contributed by atoms with Gasteiger partial charge in [-0.1, -0.05) is 12.1 Å². The molecule has 0 aliphatic carbocycles. The lowest BCUT2D eigenvalue weighted by atomic mass is 10.1. The highest BCUT2D eigenvalue weighted by molar-refractivity contribution is 5.44. The van der Waals surface area contributed by atoms with Crippen LogP contribution in [0.2, 0.25) is 0 Å². The molecular formula is C16H20N4O. The maximum absolute atomic E-state index is 5.54. The van der Waals surface area contributed by atoms with Crippen LogP contribution in [0.5, 0.6) is 5.75 Å². The van der Waals surface area contributed by atoms with Gasteiger partial charge in [-0.05, 0) is 23.3 Å². The third-order valence-electron chi connectivity index (χ3n) is 3.60. The summed E-state index contributed by atoms with van der Waals surface area (Å²) in [5.41, 5.74) is 2.55. The summed E-state index contributed by atoms with van der Waals surface area (Å²) in [6, 6.07) is 8.29. The van der Waals surface area contributed by atoms with Crippen LogP contribution in [-0.4, -0.2) is 37.7 Å². The molecule has 0 unspecified atom stereocenters. The second-order valence-electron chi connectivity index (χ2n) is 5.51. The second-order valence-corrected chi connectivity index (χ2v) is 5.51. The molecule has 1 aliphatic rings. The van der Waals surface area contributed by atoms with Crippen LogP contribution in [-0.2, 0) is 13.0 Å². The number of fused-ring (bicyclic) bond motifs is 1. The Morgan fingerprint density at radius 3 is 2.86 bits per heavy atom. The maximum atomic E-state index is 5.54. The van der Waals surface area contributed by atoms with E-state index in [1.54, 1.807) is 6.20 Å². The van der Waals surface area contributed by atoms with E-state index in [0.29, 0.717) is 0 Å². The predicted molar refractivity (Wildman–Crippen MR) is 84.1 cm³/mol. The Bertz CT molecular complexity index is 642. The highest BCUT2D eigenvalue weighted by Crippen LogP contribution is 2.26. The van der Waals surface area contributed by atoms with Crippen LogP contribution < -0.4 is 14.5 Å². The van der Waals surface area contributed by atoms with Crippen molar-refractivity contribution in [3.05, 3.63) is 41.6 Å². The first kappa shape index (κ1) is 13.7. The number of aromatic nitrogens is 2. The zero-order valence-electron chi connectivity index (χ0n) is 12.7. The second kappa shape index (κ2) is 5.60. The third-order valence-corrected chi connectivity index (χ3v) is 3.60. The van der Waals surface area contributed by atoms with Crippen molar-refractivity contribution in [2.24, 2.45) is 0 Å². The van der Waals surface area contributed by atoms with Gasteiger partial charge in [0, 0.05) is 40.3 Å². The Hall–Kier alpha value is -2.30. The zero-order valence-corrected chi connectivity index (χ0v) is 12.7. The predicted octanol–water partition coefficient (Wildman–Crippen LogP) is 2.11. The van der Waals surface area contributed by atoms with Gasteiger partial charge in [-0.15, -0.1) is 0 Å². The van der Waals surface area contributed by atoms with E-state index in [-0.39, 0.29) is 0 Å². The van der Waals surface area contributed by atoms with Crippen molar-refractivity contribution in [3.63, 3.8) is 0 Å². The molecule has 2 aromatic rings. The smallest absolute Gasteiger partial charge is 0.227 e. The Morgan fingerprint density at radius 2 is 2.05 bits per heavy atom. The molecule has 0 N–H and O–H groups in total. The van der Waals surface area contributed by atoms with Crippen molar-refractivity contribution in [1.29, 1.82) is 0 Å². The van der Waals surface area contributed by atoms with Crippen molar-refractivity contribution in [2.75, 3.05) is 37.5 Å². The van der Waals surface area contributed by atoms with Crippen LogP contribution in [0.25, 0.3) is 0 Å². The van der Waals surface area contributed by atoms with Gasteiger partial charge in [0.2, 0.25) is 5.95 Å². The molecule has 5 heteroatoms. The molecule has 2 heterocycles. The minimum absolute atomic E-state index is 0.734. The Kier molecular flexibility index (Phi) is 3.64. The Labute approximate surface area is 125 Å². The van der Waals surface area contributed by atoms with Crippen molar-refractivity contribution in [1.82, 2.24) is 9.97 Å². The molecular weight excluding hydrogens is 264 g/mol. The van der Waals surface area contributed by atoms with Crippen LogP contribution in [0.3, 0.4) is 0 Å². The van der Waals surface area contributed by atoms with Gasteiger partial charge in [0.1, 0.15) is 11.6 Å². The fourth-order valence-electron chi connectivity index (χ4n) is 2.46. The first-order valence-electron chi connectivity index (χ1n) is 7.09. The fraction of sp³-hybridized carbons (Fsp3) is 0.375. The summed E-state index contributed by atoms with van der Waals surface area (Å²) in [5, 5.41) is 0. The molecule has 21 heavy (non-hydrogen) atoms. The first-order valence-corrected chi connectivity index (χ1v) is 7.09. The summed E-state index contributed by atoms with van der Waals surface area (Å²) in [6.45, 7) is 1.58. The lowest BCUT2D eigenvalue weighted by molar-refractivity contribution is 0.357. The molecule has 0 bridgehead atoms. The monoisotopic (exact) mass is 284 g/mol. The van der Waals surface area contributed by atoms with Gasteiger partial charge < -0.3 is 14.5 Å². The molecule has 1 aliphatic heterocycles. The molecule has 0 spiro atoms. The summed E-state index contributed by atoms with van der Waals surface area (Å²) in [6.07, 6.45) is 2.80. The number of hydrogen-bond acceptors (Lipinski definition) is 5. The van der Waals surface area contributed by atoms with E-state index < -0.39 is 0 Å². The van der Waals surface area contributed by atoms with Gasteiger partial charge in [-0.2, -0.15) is 4.98 Å². The molecule has 110 valence electrons.